The molecule has 0 atom stereocenters. The number of piperidine rings is 1. The Hall–Kier alpha value is -1.92. The fourth-order valence-corrected chi connectivity index (χ4v) is 3.70. The molecule has 6 heteroatoms. The van der Waals surface area contributed by atoms with Gasteiger partial charge in [-0.1, -0.05) is 22.4 Å². The highest BCUT2D eigenvalue weighted by Gasteiger charge is 2.13. The quantitative estimate of drug-likeness (QED) is 0.595. The van der Waals surface area contributed by atoms with E-state index in [2.05, 4.69) is 68.0 Å². The van der Waals surface area contributed by atoms with E-state index in [1.807, 2.05) is 12.1 Å². The van der Waals surface area contributed by atoms with Crippen molar-refractivity contribution in [3.63, 3.8) is 0 Å². The number of nitrogens with zero attached hydrogens (tertiary/aromatic N) is 3. The van der Waals surface area contributed by atoms with Gasteiger partial charge in [0.2, 0.25) is 0 Å². The molecule has 0 saturated carbocycles. The molecule has 1 amide bonds. The van der Waals surface area contributed by atoms with Gasteiger partial charge in [0, 0.05) is 27.1 Å². The first-order chi connectivity index (χ1) is 12.5. The number of carbonyl (C=O) groups is 1. The highest BCUT2D eigenvalue weighted by molar-refractivity contribution is 9.10. The van der Waals surface area contributed by atoms with Crippen LogP contribution >= 0.6 is 15.9 Å². The minimum Gasteiger partial charge on any atom is -0.318 e. The SMILES string of the molecule is Cc1cc(/C=N\NC(=O)CN2CCCCC2)c(C)n1-c1ccc(Br)cc1. The van der Waals surface area contributed by atoms with Crippen LogP contribution in [0.3, 0.4) is 0 Å². The molecule has 1 saturated heterocycles. The second-order valence-corrected chi connectivity index (χ2v) is 7.68. The van der Waals surface area contributed by atoms with Crippen molar-refractivity contribution < 1.29 is 4.79 Å². The summed E-state index contributed by atoms with van der Waals surface area (Å²) in [7, 11) is 0. The van der Waals surface area contributed by atoms with E-state index >= 15 is 0 Å². The largest absolute Gasteiger partial charge is 0.318 e. The predicted octanol–water partition coefficient (Wildman–Crippen LogP) is 3.79. The monoisotopic (exact) mass is 416 g/mol. The molecule has 0 radical (unpaired) electrons. The Labute approximate surface area is 163 Å². The molecule has 1 aromatic carbocycles. The maximum Gasteiger partial charge on any atom is 0.254 e. The summed E-state index contributed by atoms with van der Waals surface area (Å²) in [5, 5.41) is 4.16. The Morgan fingerprint density at radius 1 is 1.19 bits per heavy atom. The number of hydrazone groups is 1. The molecule has 2 heterocycles. The second-order valence-electron chi connectivity index (χ2n) is 6.77. The fraction of sp³-hybridized carbons (Fsp3) is 0.400. The Bertz CT molecular complexity index is 789. The summed E-state index contributed by atoms with van der Waals surface area (Å²) in [4.78, 5) is 14.2. The molecule has 1 aliphatic rings. The number of likely N-dealkylation sites (tertiary alicyclic amines) is 1. The smallest absolute Gasteiger partial charge is 0.254 e. The van der Waals surface area contributed by atoms with Crippen LogP contribution in [0.15, 0.2) is 39.9 Å². The number of carbonyl (C=O) groups excluding carboxylic acids is 1. The highest BCUT2D eigenvalue weighted by Crippen LogP contribution is 2.21. The number of amides is 1. The van der Waals surface area contributed by atoms with Crippen molar-refractivity contribution >= 4 is 28.1 Å². The summed E-state index contributed by atoms with van der Waals surface area (Å²) in [6.07, 6.45) is 5.35. The number of hydrogen-bond acceptors (Lipinski definition) is 3. The maximum atomic E-state index is 12.0. The molecular formula is C20H25BrN4O. The van der Waals surface area contributed by atoms with E-state index in [-0.39, 0.29) is 5.91 Å². The van der Waals surface area contributed by atoms with Gasteiger partial charge in [0.15, 0.2) is 0 Å². The Morgan fingerprint density at radius 3 is 2.58 bits per heavy atom. The lowest BCUT2D eigenvalue weighted by Gasteiger charge is -2.25. The molecular weight excluding hydrogens is 392 g/mol. The van der Waals surface area contributed by atoms with Gasteiger partial charge in [0.05, 0.1) is 12.8 Å². The van der Waals surface area contributed by atoms with Crippen LogP contribution in [-0.4, -0.2) is 41.2 Å². The van der Waals surface area contributed by atoms with Crippen LogP contribution in [0.4, 0.5) is 0 Å². The van der Waals surface area contributed by atoms with Crippen LogP contribution in [0.25, 0.3) is 5.69 Å². The molecule has 2 aromatic rings. The van der Waals surface area contributed by atoms with Crippen LogP contribution < -0.4 is 5.43 Å². The van der Waals surface area contributed by atoms with Gasteiger partial charge in [-0.15, -0.1) is 0 Å². The zero-order valence-corrected chi connectivity index (χ0v) is 16.9. The number of aryl methyl sites for hydroxylation is 1. The van der Waals surface area contributed by atoms with E-state index in [1.54, 1.807) is 6.21 Å². The Kier molecular flexibility index (Phi) is 6.27. The van der Waals surface area contributed by atoms with Gasteiger partial charge in [-0.25, -0.2) is 5.43 Å². The average molecular weight is 417 g/mol. The number of halogens is 1. The fourth-order valence-electron chi connectivity index (χ4n) is 3.44. The number of rotatable bonds is 5. The molecule has 0 bridgehead atoms. The van der Waals surface area contributed by atoms with E-state index in [0.717, 1.165) is 40.2 Å². The summed E-state index contributed by atoms with van der Waals surface area (Å²) in [6, 6.07) is 10.3. The predicted molar refractivity (Wildman–Crippen MR) is 109 cm³/mol. The van der Waals surface area contributed by atoms with Crippen LogP contribution in [0.5, 0.6) is 0 Å². The van der Waals surface area contributed by atoms with Gasteiger partial charge in [-0.2, -0.15) is 5.10 Å². The highest BCUT2D eigenvalue weighted by atomic mass is 79.9. The Balaban J connectivity index is 1.64. The van der Waals surface area contributed by atoms with Crippen molar-refractivity contribution in [2.24, 2.45) is 5.10 Å². The second kappa shape index (κ2) is 8.64. The van der Waals surface area contributed by atoms with Crippen molar-refractivity contribution in [3.8, 4) is 5.69 Å². The minimum atomic E-state index is -0.0510. The lowest BCUT2D eigenvalue weighted by molar-refractivity contribution is -0.122. The van der Waals surface area contributed by atoms with Gasteiger partial charge in [0.25, 0.3) is 5.91 Å². The molecule has 1 N–H and O–H groups in total. The van der Waals surface area contributed by atoms with E-state index in [0.29, 0.717) is 6.54 Å². The molecule has 1 fully saturated rings. The zero-order valence-electron chi connectivity index (χ0n) is 15.3. The standard InChI is InChI=1S/C20H25BrN4O/c1-15-12-17(16(2)25(15)19-8-6-18(21)7-9-19)13-22-23-20(26)14-24-10-4-3-5-11-24/h6-9,12-13H,3-5,10-11,14H2,1-2H3,(H,23,26)/b22-13-. The van der Waals surface area contributed by atoms with E-state index in [4.69, 9.17) is 0 Å². The van der Waals surface area contributed by atoms with Crippen LogP contribution in [0.1, 0.15) is 36.2 Å². The zero-order chi connectivity index (χ0) is 18.5. The molecule has 0 unspecified atom stereocenters. The summed E-state index contributed by atoms with van der Waals surface area (Å²) in [6.45, 7) is 6.57. The normalized spacial score (nSPS) is 15.5. The molecule has 5 nitrogen and oxygen atoms in total. The molecule has 138 valence electrons. The van der Waals surface area contributed by atoms with Gasteiger partial charge in [-0.3, -0.25) is 9.69 Å². The topological polar surface area (TPSA) is 49.6 Å². The van der Waals surface area contributed by atoms with E-state index in [1.165, 1.54) is 19.3 Å². The lowest BCUT2D eigenvalue weighted by atomic mass is 10.1. The van der Waals surface area contributed by atoms with Gasteiger partial charge in [0.1, 0.15) is 0 Å². The summed E-state index contributed by atoms with van der Waals surface area (Å²) in [5.41, 5.74) is 6.99. The van der Waals surface area contributed by atoms with Crippen molar-refractivity contribution in [2.45, 2.75) is 33.1 Å². The maximum absolute atomic E-state index is 12.0. The van der Waals surface area contributed by atoms with Gasteiger partial charge < -0.3 is 4.57 Å². The summed E-state index contributed by atoms with van der Waals surface area (Å²) < 4.78 is 3.24. The molecule has 26 heavy (non-hydrogen) atoms. The summed E-state index contributed by atoms with van der Waals surface area (Å²) >= 11 is 3.47. The van der Waals surface area contributed by atoms with Crippen molar-refractivity contribution in [3.05, 3.63) is 51.8 Å². The first-order valence-electron chi connectivity index (χ1n) is 9.04. The molecule has 0 aliphatic carbocycles. The van der Waals surface area contributed by atoms with E-state index < -0.39 is 0 Å². The first-order valence-corrected chi connectivity index (χ1v) is 9.83. The number of nitrogens with one attached hydrogen (secondary N) is 1. The van der Waals surface area contributed by atoms with Gasteiger partial charge in [-0.05, 0) is 70.1 Å². The minimum absolute atomic E-state index is 0.0510. The third kappa shape index (κ3) is 4.62. The van der Waals surface area contributed by atoms with Crippen LogP contribution in [0.2, 0.25) is 0 Å². The van der Waals surface area contributed by atoms with Crippen LogP contribution in [-0.2, 0) is 4.79 Å². The molecule has 1 aliphatic heterocycles. The van der Waals surface area contributed by atoms with Crippen molar-refractivity contribution in [2.75, 3.05) is 19.6 Å². The van der Waals surface area contributed by atoms with Gasteiger partial charge >= 0.3 is 0 Å². The first kappa shape index (κ1) is 18.9. The average Bonchev–Trinajstić information content (AvgIpc) is 2.90. The van der Waals surface area contributed by atoms with Crippen LogP contribution in [0, 0.1) is 13.8 Å². The van der Waals surface area contributed by atoms with Crippen molar-refractivity contribution in [1.29, 1.82) is 0 Å². The number of hydrogen-bond donors (Lipinski definition) is 1. The van der Waals surface area contributed by atoms with E-state index in [9.17, 15) is 4.79 Å². The number of aromatic nitrogens is 1. The van der Waals surface area contributed by atoms with Crippen molar-refractivity contribution in [1.82, 2.24) is 14.9 Å². The molecule has 3 rings (SSSR count). The lowest BCUT2D eigenvalue weighted by Crippen LogP contribution is -2.38. The third-order valence-electron chi connectivity index (χ3n) is 4.76. The molecule has 0 spiro atoms. The third-order valence-corrected chi connectivity index (χ3v) is 5.29. The number of benzene rings is 1. The molecule has 1 aromatic heterocycles. The Morgan fingerprint density at radius 2 is 1.88 bits per heavy atom. The summed E-state index contributed by atoms with van der Waals surface area (Å²) in [5.74, 6) is -0.0510.